The van der Waals surface area contributed by atoms with Crippen LogP contribution in [0.2, 0.25) is 0 Å². The Morgan fingerprint density at radius 3 is 1.49 bits per heavy atom. The molecule has 0 aliphatic carbocycles. The molecule has 0 saturated heterocycles. The van der Waals surface area contributed by atoms with E-state index < -0.39 is 11.9 Å². The van der Waals surface area contributed by atoms with Gasteiger partial charge in [-0.2, -0.15) is 0 Å². The van der Waals surface area contributed by atoms with Crippen LogP contribution in [0.1, 0.15) is 162 Å². The largest absolute Gasteiger partial charge is 0.481 e. The van der Waals surface area contributed by atoms with E-state index in [0.29, 0.717) is 13.0 Å². The number of allylic oxidation sites excluding steroid dienone is 2. The van der Waals surface area contributed by atoms with E-state index in [-0.39, 0.29) is 12.4 Å². The summed E-state index contributed by atoms with van der Waals surface area (Å²) in [4.78, 5) is 23.0. The minimum absolute atomic E-state index is 0.111. The summed E-state index contributed by atoms with van der Waals surface area (Å²) in [5.41, 5.74) is 0. The van der Waals surface area contributed by atoms with Crippen molar-refractivity contribution in [3.8, 4) is 0 Å². The van der Waals surface area contributed by atoms with Crippen LogP contribution in [0.3, 0.4) is 0 Å². The van der Waals surface area contributed by atoms with Crippen molar-refractivity contribution >= 4 is 11.9 Å². The average molecular weight is 495 g/mol. The van der Waals surface area contributed by atoms with Crippen LogP contribution >= 0.6 is 0 Å². The lowest BCUT2D eigenvalue weighted by molar-refractivity contribution is -0.153. The lowest BCUT2D eigenvalue weighted by Gasteiger charge is -2.13. The quantitative estimate of drug-likeness (QED) is 0.0701. The number of rotatable bonds is 27. The molecule has 0 radical (unpaired) electrons. The Hall–Kier alpha value is -1.32. The van der Waals surface area contributed by atoms with Gasteiger partial charge >= 0.3 is 11.9 Å². The Bertz CT molecular complexity index is 500. The van der Waals surface area contributed by atoms with Gasteiger partial charge in [-0.3, -0.25) is 9.59 Å². The van der Waals surface area contributed by atoms with Gasteiger partial charge in [0.05, 0.1) is 18.9 Å². The third-order valence-corrected chi connectivity index (χ3v) is 6.78. The standard InChI is InChI=1S/C31H58O4/c1-3-5-6-7-8-9-10-11-12-13-14-15-16-17-18-19-20-21-22-23-24-25-26-29(28-30(32)33)31(34)35-27-4-2/h5-6,29H,3-4,7-28H2,1-2H3,(H,32,33)/b6-5+. The summed E-state index contributed by atoms with van der Waals surface area (Å²) in [6, 6.07) is 0. The molecule has 0 aromatic heterocycles. The lowest BCUT2D eigenvalue weighted by atomic mass is 9.97. The van der Waals surface area contributed by atoms with E-state index in [0.717, 1.165) is 19.3 Å². The van der Waals surface area contributed by atoms with Gasteiger partial charge in [0.15, 0.2) is 0 Å². The molecular formula is C31H58O4. The number of unbranched alkanes of at least 4 members (excludes halogenated alkanes) is 18. The van der Waals surface area contributed by atoms with Crippen LogP contribution in [-0.4, -0.2) is 23.7 Å². The second-order valence-corrected chi connectivity index (χ2v) is 10.3. The highest BCUT2D eigenvalue weighted by atomic mass is 16.5. The normalized spacial score (nSPS) is 12.3. The molecule has 4 nitrogen and oxygen atoms in total. The summed E-state index contributed by atoms with van der Waals surface area (Å²) < 4.78 is 5.15. The van der Waals surface area contributed by atoms with Crippen LogP contribution in [0.5, 0.6) is 0 Å². The first-order chi connectivity index (χ1) is 17.1. The summed E-state index contributed by atoms with van der Waals surface area (Å²) in [6.45, 7) is 4.52. The number of carbonyl (C=O) groups is 2. The molecule has 0 aliphatic rings. The minimum Gasteiger partial charge on any atom is -0.481 e. The minimum atomic E-state index is -0.916. The monoisotopic (exact) mass is 494 g/mol. The molecule has 1 unspecified atom stereocenters. The van der Waals surface area contributed by atoms with Crippen molar-refractivity contribution in [2.75, 3.05) is 6.61 Å². The Balaban J connectivity index is 3.37. The Morgan fingerprint density at radius 2 is 1.09 bits per heavy atom. The number of carboxylic acid groups (broad SMARTS) is 1. The number of esters is 1. The first-order valence-corrected chi connectivity index (χ1v) is 15.1. The molecule has 0 aromatic rings. The SMILES string of the molecule is CC/C=C/CCCCCCCCCCCCCCCCCCCCC(CC(=O)O)C(=O)OCCC. The van der Waals surface area contributed by atoms with Gasteiger partial charge in [0.25, 0.3) is 0 Å². The Kier molecular flexibility index (Phi) is 26.2. The van der Waals surface area contributed by atoms with Crippen LogP contribution in [0.4, 0.5) is 0 Å². The van der Waals surface area contributed by atoms with Crippen LogP contribution < -0.4 is 0 Å². The van der Waals surface area contributed by atoms with E-state index in [1.165, 1.54) is 116 Å². The molecule has 206 valence electrons. The number of carboxylic acids is 1. The third-order valence-electron chi connectivity index (χ3n) is 6.78. The first kappa shape index (κ1) is 33.7. The van der Waals surface area contributed by atoms with Crippen molar-refractivity contribution in [3.63, 3.8) is 0 Å². The van der Waals surface area contributed by atoms with Gasteiger partial charge in [-0.15, -0.1) is 0 Å². The zero-order chi connectivity index (χ0) is 25.8. The molecule has 0 amide bonds. The van der Waals surface area contributed by atoms with Gasteiger partial charge in [0.2, 0.25) is 0 Å². The number of ether oxygens (including phenoxy) is 1. The third kappa shape index (κ3) is 25.6. The first-order valence-electron chi connectivity index (χ1n) is 15.1. The van der Waals surface area contributed by atoms with Crippen LogP contribution in [0, 0.1) is 5.92 Å². The summed E-state index contributed by atoms with van der Waals surface area (Å²) in [6.07, 6.45) is 32.2. The summed E-state index contributed by atoms with van der Waals surface area (Å²) in [5.74, 6) is -1.74. The van der Waals surface area contributed by atoms with Crippen molar-refractivity contribution in [2.45, 2.75) is 162 Å². The molecular weight excluding hydrogens is 436 g/mol. The molecule has 0 spiro atoms. The van der Waals surface area contributed by atoms with Gasteiger partial charge in [-0.05, 0) is 32.1 Å². The molecule has 1 atom stereocenters. The predicted molar refractivity (Wildman–Crippen MR) is 149 cm³/mol. The molecule has 0 aromatic carbocycles. The second-order valence-electron chi connectivity index (χ2n) is 10.3. The zero-order valence-corrected chi connectivity index (χ0v) is 23.4. The highest BCUT2D eigenvalue weighted by Gasteiger charge is 2.22. The average Bonchev–Trinajstić information content (AvgIpc) is 2.84. The molecule has 0 saturated carbocycles. The van der Waals surface area contributed by atoms with E-state index in [1.54, 1.807) is 0 Å². The van der Waals surface area contributed by atoms with Crippen molar-refractivity contribution in [3.05, 3.63) is 12.2 Å². The van der Waals surface area contributed by atoms with E-state index in [4.69, 9.17) is 9.84 Å². The maximum Gasteiger partial charge on any atom is 0.309 e. The van der Waals surface area contributed by atoms with E-state index in [9.17, 15) is 9.59 Å². The van der Waals surface area contributed by atoms with Gasteiger partial charge < -0.3 is 9.84 Å². The summed E-state index contributed by atoms with van der Waals surface area (Å²) in [7, 11) is 0. The topological polar surface area (TPSA) is 63.6 Å². The molecule has 0 fully saturated rings. The highest BCUT2D eigenvalue weighted by molar-refractivity contribution is 5.79. The number of aliphatic carboxylic acids is 1. The number of hydrogen-bond acceptors (Lipinski definition) is 3. The maximum atomic E-state index is 12.0. The molecule has 0 rings (SSSR count). The van der Waals surface area contributed by atoms with Crippen molar-refractivity contribution in [1.29, 1.82) is 0 Å². The van der Waals surface area contributed by atoms with Crippen molar-refractivity contribution in [2.24, 2.45) is 5.92 Å². The number of hydrogen-bond donors (Lipinski definition) is 1. The Labute approximate surface area is 217 Å². The zero-order valence-electron chi connectivity index (χ0n) is 23.4. The van der Waals surface area contributed by atoms with E-state index >= 15 is 0 Å². The van der Waals surface area contributed by atoms with Crippen molar-refractivity contribution in [1.82, 2.24) is 0 Å². The van der Waals surface area contributed by atoms with Gasteiger partial charge in [-0.1, -0.05) is 135 Å². The van der Waals surface area contributed by atoms with Gasteiger partial charge in [0.1, 0.15) is 0 Å². The Morgan fingerprint density at radius 1 is 0.657 bits per heavy atom. The molecule has 4 heteroatoms. The summed E-state index contributed by atoms with van der Waals surface area (Å²) >= 11 is 0. The smallest absolute Gasteiger partial charge is 0.309 e. The highest BCUT2D eigenvalue weighted by Crippen LogP contribution is 2.18. The fourth-order valence-electron chi connectivity index (χ4n) is 4.60. The predicted octanol–water partition coefficient (Wildman–Crippen LogP) is 9.80. The van der Waals surface area contributed by atoms with Gasteiger partial charge in [0, 0.05) is 0 Å². The molecule has 35 heavy (non-hydrogen) atoms. The molecule has 1 N–H and O–H groups in total. The van der Waals surface area contributed by atoms with Gasteiger partial charge in [-0.25, -0.2) is 0 Å². The second kappa shape index (κ2) is 27.3. The van der Waals surface area contributed by atoms with Crippen LogP contribution in [-0.2, 0) is 14.3 Å². The maximum absolute atomic E-state index is 12.0. The van der Waals surface area contributed by atoms with Crippen molar-refractivity contribution < 1.29 is 19.4 Å². The van der Waals surface area contributed by atoms with Crippen LogP contribution in [0.15, 0.2) is 12.2 Å². The fraction of sp³-hybridized carbons (Fsp3) is 0.871. The lowest BCUT2D eigenvalue weighted by Crippen LogP contribution is -2.21. The fourth-order valence-corrected chi connectivity index (χ4v) is 4.60. The van der Waals surface area contributed by atoms with Crippen LogP contribution in [0.25, 0.3) is 0 Å². The molecule has 0 aliphatic heterocycles. The molecule has 0 heterocycles. The summed E-state index contributed by atoms with van der Waals surface area (Å²) in [5, 5.41) is 9.03. The number of carbonyl (C=O) groups excluding carboxylic acids is 1. The van der Waals surface area contributed by atoms with E-state index in [1.807, 2.05) is 6.92 Å². The molecule has 0 bridgehead atoms. The van der Waals surface area contributed by atoms with E-state index in [2.05, 4.69) is 19.1 Å².